The number of anilines is 1. The number of ether oxygens (including phenoxy) is 1. The molecule has 24 heavy (non-hydrogen) atoms. The highest BCUT2D eigenvalue weighted by Crippen LogP contribution is 2.28. The number of aromatic nitrogens is 1. The van der Waals surface area contributed by atoms with Crippen LogP contribution in [0.2, 0.25) is 0 Å². The Kier molecular flexibility index (Phi) is 3.38. The molecule has 120 valence electrons. The number of para-hydroxylation sites is 1. The normalized spacial score (nSPS) is 13.1. The largest absolute Gasteiger partial charge is 0.482 e. The smallest absolute Gasteiger partial charge is 0.274 e. The van der Waals surface area contributed by atoms with Crippen LogP contribution in [0.3, 0.4) is 0 Å². The van der Waals surface area contributed by atoms with Gasteiger partial charge in [-0.05, 0) is 29.8 Å². The molecule has 0 atom stereocenters. The third-order valence-electron chi connectivity index (χ3n) is 3.72. The first kappa shape index (κ1) is 14.3. The van der Waals surface area contributed by atoms with Crippen molar-refractivity contribution in [1.82, 2.24) is 10.5 Å². The van der Waals surface area contributed by atoms with Gasteiger partial charge in [0.15, 0.2) is 17.9 Å². The molecule has 1 aliphatic heterocycles. The summed E-state index contributed by atoms with van der Waals surface area (Å²) in [5.41, 5.74) is 2.25. The second kappa shape index (κ2) is 5.69. The van der Waals surface area contributed by atoms with Crippen LogP contribution in [0.25, 0.3) is 11.0 Å². The molecule has 2 N–H and O–H groups in total. The van der Waals surface area contributed by atoms with Crippen LogP contribution in [0.15, 0.2) is 47.0 Å². The maximum atomic E-state index is 12.3. The van der Waals surface area contributed by atoms with Crippen molar-refractivity contribution >= 4 is 28.5 Å². The number of amides is 2. The number of rotatable bonds is 3. The lowest BCUT2D eigenvalue weighted by atomic mass is 10.1. The lowest BCUT2D eigenvalue weighted by Crippen LogP contribution is -2.26. The molecular weight excluding hydrogens is 310 g/mol. The molecule has 1 aromatic heterocycles. The van der Waals surface area contributed by atoms with E-state index < -0.39 is 0 Å². The van der Waals surface area contributed by atoms with Crippen molar-refractivity contribution in [2.45, 2.75) is 6.54 Å². The minimum atomic E-state index is -0.321. The van der Waals surface area contributed by atoms with Crippen molar-refractivity contribution in [3.8, 4) is 5.75 Å². The molecule has 0 bridgehead atoms. The Morgan fingerprint density at radius 3 is 3.04 bits per heavy atom. The van der Waals surface area contributed by atoms with Crippen LogP contribution in [0.1, 0.15) is 16.1 Å². The summed E-state index contributed by atoms with van der Waals surface area (Å²) in [5, 5.41) is 10.0. The predicted octanol–water partition coefficient (Wildman–Crippen LogP) is 2.09. The summed E-state index contributed by atoms with van der Waals surface area (Å²) in [7, 11) is 0. The molecule has 1 aliphatic rings. The fourth-order valence-electron chi connectivity index (χ4n) is 2.56. The first-order valence-corrected chi connectivity index (χ1v) is 7.39. The van der Waals surface area contributed by atoms with Crippen molar-refractivity contribution in [3.63, 3.8) is 0 Å². The Bertz CT molecular complexity index is 948. The minimum Gasteiger partial charge on any atom is -0.482 e. The second-order valence-electron chi connectivity index (χ2n) is 5.38. The van der Waals surface area contributed by atoms with Gasteiger partial charge >= 0.3 is 0 Å². The molecule has 0 aliphatic carbocycles. The second-order valence-corrected chi connectivity index (χ2v) is 5.38. The maximum Gasteiger partial charge on any atom is 0.274 e. The molecule has 7 heteroatoms. The van der Waals surface area contributed by atoms with E-state index in [1.54, 1.807) is 24.3 Å². The number of benzene rings is 2. The van der Waals surface area contributed by atoms with Crippen LogP contribution in [-0.2, 0) is 11.3 Å². The van der Waals surface area contributed by atoms with Crippen molar-refractivity contribution < 1.29 is 18.8 Å². The number of fused-ring (bicyclic) bond motifs is 2. The van der Waals surface area contributed by atoms with Crippen molar-refractivity contribution in [1.29, 1.82) is 0 Å². The van der Waals surface area contributed by atoms with Gasteiger partial charge in [-0.25, -0.2) is 0 Å². The van der Waals surface area contributed by atoms with Gasteiger partial charge in [-0.15, -0.1) is 0 Å². The molecule has 2 aromatic carbocycles. The highest BCUT2D eigenvalue weighted by Gasteiger charge is 2.17. The quantitative estimate of drug-likeness (QED) is 0.770. The number of nitrogens with one attached hydrogen (secondary N) is 2. The number of carbonyl (C=O) groups is 2. The van der Waals surface area contributed by atoms with E-state index in [-0.39, 0.29) is 24.1 Å². The summed E-state index contributed by atoms with van der Waals surface area (Å²) in [4.78, 5) is 23.7. The third-order valence-corrected chi connectivity index (χ3v) is 3.72. The molecule has 0 spiro atoms. The number of nitrogens with zero attached hydrogens (tertiary/aromatic N) is 1. The summed E-state index contributed by atoms with van der Waals surface area (Å²) < 4.78 is 10.4. The number of carbonyl (C=O) groups excluding carboxylic acids is 2. The summed E-state index contributed by atoms with van der Waals surface area (Å²) in [6.07, 6.45) is 0. The topological polar surface area (TPSA) is 93.5 Å². The van der Waals surface area contributed by atoms with E-state index in [0.717, 1.165) is 5.56 Å². The Morgan fingerprint density at radius 1 is 1.25 bits per heavy atom. The highest BCUT2D eigenvalue weighted by molar-refractivity contribution is 6.04. The molecular formula is C17H13N3O4. The zero-order valence-electron chi connectivity index (χ0n) is 12.5. The van der Waals surface area contributed by atoms with Crippen LogP contribution in [0.4, 0.5) is 5.69 Å². The van der Waals surface area contributed by atoms with Gasteiger partial charge < -0.3 is 19.9 Å². The monoisotopic (exact) mass is 323 g/mol. The molecule has 3 aromatic rings. The average molecular weight is 323 g/mol. The van der Waals surface area contributed by atoms with Gasteiger partial charge in [0.2, 0.25) is 0 Å². The van der Waals surface area contributed by atoms with Gasteiger partial charge in [0.25, 0.3) is 11.8 Å². The van der Waals surface area contributed by atoms with E-state index in [0.29, 0.717) is 29.0 Å². The molecule has 4 rings (SSSR count). The standard InChI is InChI=1S/C17H13N3O4/c21-15-9-23-14-6-5-10(7-12(14)19-15)8-18-17(22)16-11-3-1-2-4-13(11)24-20-16/h1-7H,8-9H2,(H,18,22)(H,19,21). The number of hydrogen-bond acceptors (Lipinski definition) is 5. The molecule has 0 unspecified atom stereocenters. The van der Waals surface area contributed by atoms with Crippen LogP contribution in [0, 0.1) is 0 Å². The van der Waals surface area contributed by atoms with Gasteiger partial charge in [-0.3, -0.25) is 9.59 Å². The Labute approximate surface area is 136 Å². The molecule has 0 fully saturated rings. The zero-order chi connectivity index (χ0) is 16.5. The van der Waals surface area contributed by atoms with Gasteiger partial charge in [0.05, 0.1) is 11.1 Å². The first-order valence-electron chi connectivity index (χ1n) is 7.39. The predicted molar refractivity (Wildman–Crippen MR) is 85.7 cm³/mol. The third kappa shape index (κ3) is 2.56. The fourth-order valence-corrected chi connectivity index (χ4v) is 2.56. The lowest BCUT2D eigenvalue weighted by Gasteiger charge is -2.18. The van der Waals surface area contributed by atoms with E-state index >= 15 is 0 Å². The molecule has 7 nitrogen and oxygen atoms in total. The van der Waals surface area contributed by atoms with Gasteiger partial charge in [0.1, 0.15) is 5.75 Å². The average Bonchev–Trinajstić information content (AvgIpc) is 3.03. The minimum absolute atomic E-state index is 0.0162. The molecule has 0 saturated carbocycles. The summed E-state index contributed by atoms with van der Waals surface area (Å²) in [6.45, 7) is 0.311. The van der Waals surface area contributed by atoms with Crippen LogP contribution in [0.5, 0.6) is 5.75 Å². The molecule has 2 heterocycles. The van der Waals surface area contributed by atoms with E-state index in [9.17, 15) is 9.59 Å². The summed E-state index contributed by atoms with van der Waals surface area (Å²) in [6, 6.07) is 12.5. The van der Waals surface area contributed by atoms with E-state index in [1.807, 2.05) is 18.2 Å². The van der Waals surface area contributed by atoms with Crippen molar-refractivity contribution in [2.24, 2.45) is 0 Å². The maximum absolute atomic E-state index is 12.3. The van der Waals surface area contributed by atoms with E-state index in [2.05, 4.69) is 15.8 Å². The highest BCUT2D eigenvalue weighted by atomic mass is 16.5. The van der Waals surface area contributed by atoms with Crippen molar-refractivity contribution in [3.05, 3.63) is 53.7 Å². The SMILES string of the molecule is O=C1COc2ccc(CNC(=O)c3noc4ccccc34)cc2N1. The molecule has 0 saturated heterocycles. The molecule has 2 amide bonds. The van der Waals surface area contributed by atoms with Gasteiger partial charge in [0, 0.05) is 6.54 Å². The van der Waals surface area contributed by atoms with Gasteiger partial charge in [-0.2, -0.15) is 0 Å². The van der Waals surface area contributed by atoms with Crippen LogP contribution >= 0.6 is 0 Å². The van der Waals surface area contributed by atoms with E-state index in [4.69, 9.17) is 9.26 Å². The van der Waals surface area contributed by atoms with E-state index in [1.165, 1.54) is 0 Å². The van der Waals surface area contributed by atoms with Crippen LogP contribution in [-0.4, -0.2) is 23.6 Å². The Hall–Kier alpha value is -3.35. The van der Waals surface area contributed by atoms with Gasteiger partial charge in [-0.1, -0.05) is 23.4 Å². The van der Waals surface area contributed by atoms with Crippen LogP contribution < -0.4 is 15.4 Å². The Balaban J connectivity index is 1.50. The lowest BCUT2D eigenvalue weighted by molar-refractivity contribution is -0.118. The summed E-state index contributed by atoms with van der Waals surface area (Å²) in [5.74, 6) is 0.0999. The zero-order valence-corrected chi connectivity index (χ0v) is 12.5. The van der Waals surface area contributed by atoms with Crippen molar-refractivity contribution in [2.75, 3.05) is 11.9 Å². The first-order chi connectivity index (χ1) is 11.7. The number of hydrogen-bond donors (Lipinski definition) is 2. The Morgan fingerprint density at radius 2 is 2.12 bits per heavy atom. The summed E-state index contributed by atoms with van der Waals surface area (Å²) >= 11 is 0. The molecule has 0 radical (unpaired) electrons. The fraction of sp³-hybridized carbons (Fsp3) is 0.118.